The van der Waals surface area contributed by atoms with Gasteiger partial charge in [0.25, 0.3) is 5.91 Å². The maximum absolute atomic E-state index is 12.5. The summed E-state index contributed by atoms with van der Waals surface area (Å²) < 4.78 is 0. The Morgan fingerprint density at radius 2 is 2.00 bits per heavy atom. The summed E-state index contributed by atoms with van der Waals surface area (Å²) in [6, 6.07) is 5.43. The van der Waals surface area contributed by atoms with Crippen LogP contribution < -0.4 is 5.73 Å². The standard InChI is InChI=1S/C15H23ClN2O/c1-5-18(10-15(3,4)9-17)14(19)12-6-11(2)7-13(16)8-12/h6-8H,5,9-10,17H2,1-4H3. The first kappa shape index (κ1) is 16.0. The number of carbonyl (C=O) groups excluding carboxylic acids is 1. The summed E-state index contributed by atoms with van der Waals surface area (Å²) in [4.78, 5) is 14.3. The normalized spacial score (nSPS) is 11.5. The molecule has 3 nitrogen and oxygen atoms in total. The van der Waals surface area contributed by atoms with Gasteiger partial charge in [-0.1, -0.05) is 25.4 Å². The number of nitrogens with two attached hydrogens (primary N) is 1. The lowest BCUT2D eigenvalue weighted by Crippen LogP contribution is -2.42. The smallest absolute Gasteiger partial charge is 0.253 e. The zero-order chi connectivity index (χ0) is 14.6. The van der Waals surface area contributed by atoms with Crippen molar-refractivity contribution in [1.29, 1.82) is 0 Å². The number of carbonyl (C=O) groups is 1. The summed E-state index contributed by atoms with van der Waals surface area (Å²) in [5.41, 5.74) is 7.28. The van der Waals surface area contributed by atoms with Gasteiger partial charge in [0.2, 0.25) is 0 Å². The molecule has 0 aromatic heterocycles. The fourth-order valence-corrected chi connectivity index (χ4v) is 2.24. The molecule has 0 unspecified atom stereocenters. The summed E-state index contributed by atoms with van der Waals surface area (Å²) in [6.45, 7) is 9.88. The Bertz CT molecular complexity index is 437. The summed E-state index contributed by atoms with van der Waals surface area (Å²) in [6.07, 6.45) is 0. The molecule has 0 saturated carbocycles. The molecule has 1 aromatic carbocycles. The van der Waals surface area contributed by atoms with Crippen molar-refractivity contribution in [1.82, 2.24) is 4.90 Å². The highest BCUT2D eigenvalue weighted by molar-refractivity contribution is 6.31. The molecule has 0 atom stereocenters. The third-order valence-electron chi connectivity index (χ3n) is 3.13. The SMILES string of the molecule is CCN(CC(C)(C)CN)C(=O)c1cc(C)cc(Cl)c1. The first-order valence-corrected chi connectivity index (χ1v) is 6.93. The van der Waals surface area contributed by atoms with Crippen LogP contribution in [-0.4, -0.2) is 30.4 Å². The first-order valence-electron chi connectivity index (χ1n) is 6.55. The van der Waals surface area contributed by atoms with E-state index in [0.717, 1.165) is 5.56 Å². The van der Waals surface area contributed by atoms with Crippen molar-refractivity contribution in [2.45, 2.75) is 27.7 Å². The predicted molar refractivity (Wildman–Crippen MR) is 80.6 cm³/mol. The third kappa shape index (κ3) is 4.51. The molecule has 19 heavy (non-hydrogen) atoms. The number of halogens is 1. The minimum Gasteiger partial charge on any atom is -0.338 e. The van der Waals surface area contributed by atoms with E-state index >= 15 is 0 Å². The first-order chi connectivity index (χ1) is 8.79. The Morgan fingerprint density at radius 3 is 2.47 bits per heavy atom. The minimum absolute atomic E-state index is 0.00891. The second-order valence-electron chi connectivity index (χ2n) is 5.70. The molecule has 1 rings (SSSR count). The Kier molecular flexibility index (Phi) is 5.39. The molecular formula is C15H23ClN2O. The average molecular weight is 283 g/mol. The molecule has 0 bridgehead atoms. The van der Waals surface area contributed by atoms with E-state index in [-0.39, 0.29) is 11.3 Å². The monoisotopic (exact) mass is 282 g/mol. The maximum Gasteiger partial charge on any atom is 0.253 e. The van der Waals surface area contributed by atoms with Gasteiger partial charge in [0.15, 0.2) is 0 Å². The summed E-state index contributed by atoms with van der Waals surface area (Å²) in [5, 5.41) is 0.595. The zero-order valence-electron chi connectivity index (χ0n) is 12.2. The van der Waals surface area contributed by atoms with Gasteiger partial charge in [-0.3, -0.25) is 4.79 Å². The van der Waals surface area contributed by atoms with Crippen molar-refractivity contribution in [3.8, 4) is 0 Å². The zero-order valence-corrected chi connectivity index (χ0v) is 12.9. The Hall–Kier alpha value is -1.06. The van der Waals surface area contributed by atoms with Crippen molar-refractivity contribution >= 4 is 17.5 Å². The second-order valence-corrected chi connectivity index (χ2v) is 6.14. The lowest BCUT2D eigenvalue weighted by Gasteiger charge is -2.31. The van der Waals surface area contributed by atoms with Crippen LogP contribution >= 0.6 is 11.6 Å². The molecule has 4 heteroatoms. The average Bonchev–Trinajstić information content (AvgIpc) is 2.34. The van der Waals surface area contributed by atoms with Gasteiger partial charge in [-0.25, -0.2) is 0 Å². The lowest BCUT2D eigenvalue weighted by molar-refractivity contribution is 0.0700. The molecule has 0 aliphatic heterocycles. The molecule has 0 aliphatic rings. The summed E-state index contributed by atoms with van der Waals surface area (Å²) >= 11 is 6.01. The highest BCUT2D eigenvalue weighted by atomic mass is 35.5. The molecule has 0 radical (unpaired) electrons. The quantitative estimate of drug-likeness (QED) is 0.902. The number of hydrogen-bond acceptors (Lipinski definition) is 2. The largest absolute Gasteiger partial charge is 0.338 e. The van der Waals surface area contributed by atoms with Crippen LogP contribution in [0.25, 0.3) is 0 Å². The van der Waals surface area contributed by atoms with Gasteiger partial charge >= 0.3 is 0 Å². The topological polar surface area (TPSA) is 46.3 Å². The van der Waals surface area contributed by atoms with Gasteiger partial charge in [0, 0.05) is 23.7 Å². The van der Waals surface area contributed by atoms with E-state index in [1.807, 2.05) is 30.9 Å². The van der Waals surface area contributed by atoms with Crippen LogP contribution in [0.5, 0.6) is 0 Å². The molecule has 0 spiro atoms. The summed E-state index contributed by atoms with van der Waals surface area (Å²) in [5.74, 6) is 0.00891. The van der Waals surface area contributed by atoms with E-state index in [1.54, 1.807) is 6.07 Å². The van der Waals surface area contributed by atoms with Crippen LogP contribution in [0.2, 0.25) is 5.02 Å². The van der Waals surface area contributed by atoms with Crippen molar-refractivity contribution in [3.05, 3.63) is 34.3 Å². The van der Waals surface area contributed by atoms with Gasteiger partial charge in [-0.15, -0.1) is 0 Å². The lowest BCUT2D eigenvalue weighted by atomic mass is 9.93. The van der Waals surface area contributed by atoms with Crippen LogP contribution in [0.4, 0.5) is 0 Å². The number of amides is 1. The molecular weight excluding hydrogens is 260 g/mol. The van der Waals surface area contributed by atoms with Crippen LogP contribution in [0.3, 0.4) is 0 Å². The third-order valence-corrected chi connectivity index (χ3v) is 3.35. The number of rotatable bonds is 5. The Labute approximate surface area is 120 Å². The molecule has 0 heterocycles. The van der Waals surface area contributed by atoms with Gasteiger partial charge in [-0.2, -0.15) is 0 Å². The predicted octanol–water partition coefficient (Wildman–Crippen LogP) is 3.10. The van der Waals surface area contributed by atoms with Gasteiger partial charge in [-0.05, 0) is 49.6 Å². The number of hydrogen-bond donors (Lipinski definition) is 1. The van der Waals surface area contributed by atoms with E-state index in [2.05, 4.69) is 13.8 Å². The van der Waals surface area contributed by atoms with Crippen LogP contribution in [0.1, 0.15) is 36.7 Å². The van der Waals surface area contributed by atoms with Crippen LogP contribution in [0, 0.1) is 12.3 Å². The van der Waals surface area contributed by atoms with Gasteiger partial charge in [0.1, 0.15) is 0 Å². The van der Waals surface area contributed by atoms with Gasteiger partial charge < -0.3 is 10.6 Å². The highest BCUT2D eigenvalue weighted by Gasteiger charge is 2.23. The Morgan fingerprint density at radius 1 is 1.37 bits per heavy atom. The molecule has 0 saturated heterocycles. The number of aryl methyl sites for hydroxylation is 1. The fourth-order valence-electron chi connectivity index (χ4n) is 1.95. The molecule has 106 valence electrons. The van der Waals surface area contributed by atoms with Crippen molar-refractivity contribution in [3.63, 3.8) is 0 Å². The van der Waals surface area contributed by atoms with Crippen molar-refractivity contribution < 1.29 is 4.79 Å². The molecule has 1 aromatic rings. The number of benzene rings is 1. The van der Waals surface area contributed by atoms with E-state index in [4.69, 9.17) is 17.3 Å². The number of nitrogens with zero attached hydrogens (tertiary/aromatic N) is 1. The van der Waals surface area contributed by atoms with Crippen LogP contribution in [-0.2, 0) is 0 Å². The summed E-state index contributed by atoms with van der Waals surface area (Å²) in [7, 11) is 0. The van der Waals surface area contributed by atoms with Crippen molar-refractivity contribution in [2.75, 3.05) is 19.6 Å². The second kappa shape index (κ2) is 6.40. The van der Waals surface area contributed by atoms with E-state index in [1.165, 1.54) is 0 Å². The minimum atomic E-state index is -0.0840. The van der Waals surface area contributed by atoms with Crippen LogP contribution in [0.15, 0.2) is 18.2 Å². The molecule has 0 aliphatic carbocycles. The fraction of sp³-hybridized carbons (Fsp3) is 0.533. The molecule has 1 amide bonds. The van der Waals surface area contributed by atoms with E-state index in [9.17, 15) is 4.79 Å². The Balaban J connectivity index is 2.95. The molecule has 0 fully saturated rings. The van der Waals surface area contributed by atoms with Gasteiger partial charge in [0.05, 0.1) is 0 Å². The van der Waals surface area contributed by atoms with E-state index in [0.29, 0.717) is 30.2 Å². The van der Waals surface area contributed by atoms with Crippen molar-refractivity contribution in [2.24, 2.45) is 11.1 Å². The highest BCUT2D eigenvalue weighted by Crippen LogP contribution is 2.19. The van der Waals surface area contributed by atoms with E-state index < -0.39 is 0 Å². The molecule has 2 N–H and O–H groups in total. The maximum atomic E-state index is 12.5.